The minimum Gasteiger partial charge on any atom is -0.560 e. The minimum atomic E-state index is -0.548. The van der Waals surface area contributed by atoms with Gasteiger partial charge in [0.25, 0.3) is 0 Å². The summed E-state index contributed by atoms with van der Waals surface area (Å²) in [7, 11) is 0. The maximum atomic E-state index is 11.0. The summed E-state index contributed by atoms with van der Waals surface area (Å²) in [6.07, 6.45) is 1.85. The van der Waals surface area contributed by atoms with Crippen LogP contribution in [0, 0.1) is 0 Å². The zero-order chi connectivity index (χ0) is 8.81. The van der Waals surface area contributed by atoms with Crippen molar-refractivity contribution < 1.29 is 30.7 Å². The molecule has 13 heavy (non-hydrogen) atoms. The van der Waals surface area contributed by atoms with Crippen LogP contribution in [0.25, 0.3) is 0 Å². The van der Waals surface area contributed by atoms with Crippen molar-refractivity contribution in [2.45, 2.75) is 0 Å². The van der Waals surface area contributed by atoms with Crippen LogP contribution in [0.15, 0.2) is 35.5 Å². The Morgan fingerprint density at radius 2 is 2.00 bits per heavy atom. The van der Waals surface area contributed by atoms with Crippen molar-refractivity contribution in [2.24, 2.45) is 10.9 Å². The van der Waals surface area contributed by atoms with Crippen molar-refractivity contribution in [3.05, 3.63) is 35.9 Å². The topological polar surface area (TPSA) is 64.7 Å². The monoisotopic (exact) mass is 347 g/mol. The molecule has 0 saturated heterocycles. The largest absolute Gasteiger partial charge is 0.560 e. The third-order valence-corrected chi connectivity index (χ3v) is 1.19. The number of rotatable bonds is 2. The van der Waals surface area contributed by atoms with Crippen molar-refractivity contribution in [3.63, 3.8) is 0 Å². The first kappa shape index (κ1) is 11.8. The minimum absolute atomic E-state index is 0. The Balaban J connectivity index is 0.00000144. The molecule has 0 fully saturated rings. The van der Waals surface area contributed by atoms with Gasteiger partial charge in [0.15, 0.2) is 0 Å². The molecule has 0 aromatic heterocycles. The van der Waals surface area contributed by atoms with Crippen LogP contribution < -0.4 is 5.73 Å². The zero-order valence-corrected chi connectivity index (χ0v) is 9.57. The normalized spacial score (nSPS) is 9.23. The number of nitrogens with zero attached hydrogens (tertiary/aromatic N) is 1. The third-order valence-electron chi connectivity index (χ3n) is 1.19. The van der Waals surface area contributed by atoms with E-state index in [-0.39, 0.29) is 21.1 Å². The number of hydrogen-bond donors (Lipinski definition) is 1. The Morgan fingerprint density at radius 3 is 2.54 bits per heavy atom. The second-order valence-electron chi connectivity index (χ2n) is 1.97. The molecule has 2 N–H and O–H groups in total. The molecule has 5 heteroatoms. The maximum absolute atomic E-state index is 11.0. The molecule has 0 atom stereocenters. The molecule has 0 saturated carbocycles. The van der Waals surface area contributed by atoms with Crippen LogP contribution >= 0.6 is 0 Å². The first-order valence-corrected chi connectivity index (χ1v) is 3.26. The Hall–Kier alpha value is -1.15. The van der Waals surface area contributed by atoms with Crippen LogP contribution in [0.4, 0.5) is 0 Å². The van der Waals surface area contributed by atoms with Gasteiger partial charge in [-0.3, -0.25) is 11.5 Å². The number of carbonyl (C=O) groups excluding carboxylic acids is 1. The molecule has 1 rings (SSSR count). The van der Waals surface area contributed by atoms with Crippen molar-refractivity contribution >= 4 is 12.3 Å². The predicted octanol–water partition coefficient (Wildman–Crippen LogP) is 0.620. The molecule has 1 aromatic rings. The van der Waals surface area contributed by atoms with Crippen LogP contribution in [-0.4, -0.2) is 12.3 Å². The molecule has 0 bridgehead atoms. The van der Waals surface area contributed by atoms with Gasteiger partial charge in [-0.1, -0.05) is 18.2 Å². The second kappa shape index (κ2) is 6.37. The second-order valence-corrected chi connectivity index (χ2v) is 1.97. The molecular weight excluding hydrogens is 340 g/mol. The molecule has 68 valence electrons. The van der Waals surface area contributed by atoms with E-state index in [4.69, 9.17) is 5.73 Å². The standard InChI is InChI=1S/C8H7N2O2.W/c9-6-10-12-8(11)7-4-2-1-3-5-7;/h1-5H,(H2,9,10);/q-1;. The van der Waals surface area contributed by atoms with Gasteiger partial charge in [-0.2, -0.15) is 0 Å². The summed E-state index contributed by atoms with van der Waals surface area (Å²) in [5, 5.41) is 3.03. The van der Waals surface area contributed by atoms with Gasteiger partial charge in [-0.05, 0) is 12.1 Å². The number of benzene rings is 1. The first-order valence-electron chi connectivity index (χ1n) is 3.26. The van der Waals surface area contributed by atoms with E-state index in [1.54, 1.807) is 30.3 Å². The molecule has 0 aliphatic heterocycles. The molecular formula is C8H7N2O2W-. The Bertz CT molecular complexity index is 287. The van der Waals surface area contributed by atoms with Gasteiger partial charge in [0.1, 0.15) is 0 Å². The number of hydrogen-bond acceptors (Lipinski definition) is 3. The SMILES string of the molecule is N[C-]=NOC(=O)c1ccccc1.[W]. The van der Waals surface area contributed by atoms with E-state index >= 15 is 0 Å². The molecule has 0 unspecified atom stereocenters. The molecule has 0 radical (unpaired) electrons. The molecule has 0 spiro atoms. The summed E-state index contributed by atoms with van der Waals surface area (Å²) in [6, 6.07) is 8.50. The zero-order valence-electron chi connectivity index (χ0n) is 6.64. The average Bonchev–Trinajstić information content (AvgIpc) is 2.15. The van der Waals surface area contributed by atoms with Crippen molar-refractivity contribution in [1.82, 2.24) is 0 Å². The van der Waals surface area contributed by atoms with E-state index in [0.717, 1.165) is 0 Å². The van der Waals surface area contributed by atoms with Crippen LogP contribution in [0.3, 0.4) is 0 Å². The van der Waals surface area contributed by atoms with Gasteiger partial charge < -0.3 is 10.6 Å². The van der Waals surface area contributed by atoms with E-state index in [0.29, 0.717) is 5.56 Å². The fourth-order valence-electron chi connectivity index (χ4n) is 0.695. The summed E-state index contributed by atoms with van der Waals surface area (Å²) >= 11 is 0. The molecule has 4 nitrogen and oxygen atoms in total. The summed E-state index contributed by atoms with van der Waals surface area (Å²) in [6.45, 7) is 0. The summed E-state index contributed by atoms with van der Waals surface area (Å²) in [5.41, 5.74) is 5.19. The van der Waals surface area contributed by atoms with E-state index in [1.165, 1.54) is 0 Å². The summed E-state index contributed by atoms with van der Waals surface area (Å²) in [5.74, 6) is -0.548. The van der Waals surface area contributed by atoms with Crippen molar-refractivity contribution in [2.75, 3.05) is 0 Å². The van der Waals surface area contributed by atoms with Crippen LogP contribution in [-0.2, 0) is 25.9 Å². The van der Waals surface area contributed by atoms with Crippen molar-refractivity contribution in [3.8, 4) is 0 Å². The molecule has 0 amide bonds. The van der Waals surface area contributed by atoms with Crippen molar-refractivity contribution in [1.29, 1.82) is 0 Å². The van der Waals surface area contributed by atoms with E-state index in [1.807, 2.05) is 6.34 Å². The Kier molecular flexibility index (Phi) is 5.81. The van der Waals surface area contributed by atoms with Gasteiger partial charge in [0, 0.05) is 21.1 Å². The van der Waals surface area contributed by atoms with Gasteiger partial charge in [0.2, 0.25) is 0 Å². The van der Waals surface area contributed by atoms with E-state index < -0.39 is 5.97 Å². The number of carbonyl (C=O) groups is 1. The summed E-state index contributed by atoms with van der Waals surface area (Å²) in [4.78, 5) is 15.3. The quantitative estimate of drug-likeness (QED) is 0.213. The average molecular weight is 347 g/mol. The smallest absolute Gasteiger partial charge is 0.361 e. The van der Waals surface area contributed by atoms with Gasteiger partial charge in [-0.25, -0.2) is 4.79 Å². The molecule has 1 aromatic carbocycles. The molecule has 0 heterocycles. The van der Waals surface area contributed by atoms with Gasteiger partial charge in [-0.15, -0.1) is 0 Å². The third kappa shape index (κ3) is 3.85. The Morgan fingerprint density at radius 1 is 1.38 bits per heavy atom. The van der Waals surface area contributed by atoms with Crippen LogP contribution in [0.2, 0.25) is 0 Å². The maximum Gasteiger partial charge on any atom is 0.361 e. The number of nitrogens with two attached hydrogens (primary N) is 1. The fraction of sp³-hybridized carbons (Fsp3) is 0. The Labute approximate surface area is 90.0 Å². The summed E-state index contributed by atoms with van der Waals surface area (Å²) < 4.78 is 0. The van der Waals surface area contributed by atoms with Gasteiger partial charge >= 0.3 is 5.97 Å². The fourth-order valence-corrected chi connectivity index (χ4v) is 0.695. The molecule has 0 aliphatic carbocycles. The van der Waals surface area contributed by atoms with Crippen LogP contribution in [0.5, 0.6) is 0 Å². The first-order chi connectivity index (χ1) is 5.84. The molecule has 0 aliphatic rings. The van der Waals surface area contributed by atoms with Crippen LogP contribution in [0.1, 0.15) is 10.4 Å². The van der Waals surface area contributed by atoms with Gasteiger partial charge in [0.05, 0.1) is 5.56 Å². The van der Waals surface area contributed by atoms with E-state index in [2.05, 4.69) is 9.99 Å². The van der Waals surface area contributed by atoms with E-state index in [9.17, 15) is 4.79 Å². The predicted molar refractivity (Wildman–Crippen MR) is 43.5 cm³/mol.